The molecule has 1 heterocycles. The second-order valence-corrected chi connectivity index (χ2v) is 5.92. The first kappa shape index (κ1) is 14.0. The van der Waals surface area contributed by atoms with Crippen LogP contribution in [-0.2, 0) is 11.2 Å². The molecule has 2 N–H and O–H groups in total. The van der Waals surface area contributed by atoms with Crippen LogP contribution in [0.5, 0.6) is 0 Å². The van der Waals surface area contributed by atoms with Crippen LogP contribution in [0.3, 0.4) is 0 Å². The quantitative estimate of drug-likeness (QED) is 0.680. The highest BCUT2D eigenvalue weighted by Gasteiger charge is 2.31. The lowest BCUT2D eigenvalue weighted by molar-refractivity contribution is -0.384. The van der Waals surface area contributed by atoms with Crippen LogP contribution in [0, 0.1) is 16.0 Å². The second-order valence-electron chi connectivity index (χ2n) is 5.92. The fraction of sp³-hybridized carbons (Fsp3) is 0.533. The number of nitro benzene ring substituents is 1. The molecular weight excluding hydrogens is 270 g/mol. The minimum Gasteiger partial charge on any atom is -0.327 e. The summed E-state index contributed by atoms with van der Waals surface area (Å²) in [6.45, 7) is 0.608. The zero-order valence-electron chi connectivity index (χ0n) is 11.8. The fourth-order valence-corrected chi connectivity index (χ4v) is 3.39. The minimum absolute atomic E-state index is 0.0333. The highest BCUT2D eigenvalue weighted by atomic mass is 16.6. The highest BCUT2D eigenvalue weighted by Crippen LogP contribution is 2.34. The largest absolute Gasteiger partial charge is 0.327 e. The van der Waals surface area contributed by atoms with Gasteiger partial charge in [-0.05, 0) is 30.7 Å². The third-order valence-electron chi connectivity index (χ3n) is 4.63. The van der Waals surface area contributed by atoms with E-state index < -0.39 is 4.92 Å². The molecule has 112 valence electrons. The van der Waals surface area contributed by atoms with Crippen molar-refractivity contribution in [1.82, 2.24) is 0 Å². The number of hydrogen-bond donors (Lipinski definition) is 1. The summed E-state index contributed by atoms with van der Waals surface area (Å²) < 4.78 is 0. The molecule has 1 fully saturated rings. The number of nitrogens with zero attached hydrogens (tertiary/aromatic N) is 2. The average molecular weight is 289 g/mol. The van der Waals surface area contributed by atoms with Crippen molar-refractivity contribution in [2.45, 2.75) is 38.1 Å². The molecule has 1 aliphatic carbocycles. The molecule has 0 radical (unpaired) electrons. The van der Waals surface area contributed by atoms with Crippen LogP contribution >= 0.6 is 0 Å². The molecule has 1 aromatic carbocycles. The van der Waals surface area contributed by atoms with E-state index in [9.17, 15) is 14.9 Å². The van der Waals surface area contributed by atoms with E-state index in [4.69, 9.17) is 5.73 Å². The molecule has 0 bridgehead atoms. The van der Waals surface area contributed by atoms with Gasteiger partial charge in [0.05, 0.1) is 10.6 Å². The van der Waals surface area contributed by atoms with Gasteiger partial charge in [0.25, 0.3) is 5.69 Å². The molecule has 1 aliphatic heterocycles. The molecule has 2 atom stereocenters. The second kappa shape index (κ2) is 5.44. The topological polar surface area (TPSA) is 89.5 Å². The molecule has 1 amide bonds. The van der Waals surface area contributed by atoms with Gasteiger partial charge in [-0.2, -0.15) is 0 Å². The van der Waals surface area contributed by atoms with Crippen molar-refractivity contribution in [3.8, 4) is 0 Å². The molecule has 21 heavy (non-hydrogen) atoms. The molecule has 6 heteroatoms. The first-order chi connectivity index (χ1) is 10.1. The molecular formula is C15H19N3O3. The van der Waals surface area contributed by atoms with Crippen LogP contribution in [0.25, 0.3) is 0 Å². The molecule has 2 aliphatic rings. The molecule has 0 spiro atoms. The maximum Gasteiger partial charge on any atom is 0.271 e. The lowest BCUT2D eigenvalue weighted by Crippen LogP contribution is -2.34. The van der Waals surface area contributed by atoms with Crippen LogP contribution in [-0.4, -0.2) is 23.4 Å². The van der Waals surface area contributed by atoms with E-state index in [2.05, 4.69) is 0 Å². The van der Waals surface area contributed by atoms with Crippen LogP contribution in [0.4, 0.5) is 11.4 Å². The Hall–Kier alpha value is -1.95. The summed E-state index contributed by atoms with van der Waals surface area (Å²) in [5.74, 6) is 0.289. The first-order valence-electron chi connectivity index (χ1n) is 7.39. The zero-order valence-corrected chi connectivity index (χ0v) is 11.8. The summed E-state index contributed by atoms with van der Waals surface area (Å²) in [5.41, 5.74) is 7.76. The van der Waals surface area contributed by atoms with Crippen LogP contribution in [0.2, 0.25) is 0 Å². The Bertz CT molecular complexity index is 588. The van der Waals surface area contributed by atoms with Gasteiger partial charge in [-0.15, -0.1) is 0 Å². The normalized spacial score (nSPS) is 24.1. The first-order valence-corrected chi connectivity index (χ1v) is 7.39. The predicted octanol–water partition coefficient (Wildman–Crippen LogP) is 2.00. The summed E-state index contributed by atoms with van der Waals surface area (Å²) in [5, 5.41) is 10.9. The lowest BCUT2D eigenvalue weighted by atomic mass is 9.99. The number of nitrogens with two attached hydrogens (primary N) is 1. The number of hydrogen-bond acceptors (Lipinski definition) is 4. The number of anilines is 1. The van der Waals surface area contributed by atoms with Gasteiger partial charge in [0.15, 0.2) is 0 Å². The number of amides is 1. The van der Waals surface area contributed by atoms with E-state index >= 15 is 0 Å². The minimum atomic E-state index is -0.422. The number of carbonyl (C=O) groups excluding carboxylic acids is 1. The third kappa shape index (κ3) is 2.63. The molecule has 0 saturated heterocycles. The molecule has 6 nitrogen and oxygen atoms in total. The van der Waals surface area contributed by atoms with Gasteiger partial charge in [0, 0.05) is 31.1 Å². The maximum absolute atomic E-state index is 12.5. The van der Waals surface area contributed by atoms with E-state index in [1.807, 2.05) is 0 Å². The maximum atomic E-state index is 12.5. The number of nitro groups is 1. The van der Waals surface area contributed by atoms with Crippen molar-refractivity contribution < 1.29 is 9.72 Å². The van der Waals surface area contributed by atoms with E-state index in [0.717, 1.165) is 31.2 Å². The summed E-state index contributed by atoms with van der Waals surface area (Å²) in [7, 11) is 0. The molecule has 1 saturated carbocycles. The van der Waals surface area contributed by atoms with Gasteiger partial charge in [-0.3, -0.25) is 14.9 Å². The van der Waals surface area contributed by atoms with Crippen LogP contribution in [0.15, 0.2) is 18.2 Å². The van der Waals surface area contributed by atoms with E-state index in [-0.39, 0.29) is 23.6 Å². The number of rotatable bonds is 3. The number of carbonyl (C=O) groups is 1. The predicted molar refractivity (Wildman–Crippen MR) is 79.1 cm³/mol. The van der Waals surface area contributed by atoms with Gasteiger partial charge in [-0.25, -0.2) is 0 Å². The Kier molecular flexibility index (Phi) is 3.63. The van der Waals surface area contributed by atoms with Crippen LogP contribution in [0.1, 0.15) is 31.2 Å². The SMILES string of the molecule is N[C@@H]1CCC[C@H]1CC(=O)N1CCc2ccc([N+](=O)[O-])cc21. The van der Waals surface area contributed by atoms with Crippen LogP contribution < -0.4 is 10.6 Å². The molecule has 0 unspecified atom stereocenters. The summed E-state index contributed by atoms with van der Waals surface area (Å²) >= 11 is 0. The fourth-order valence-electron chi connectivity index (χ4n) is 3.39. The Balaban J connectivity index is 1.78. The molecule has 1 aromatic rings. The standard InChI is InChI=1S/C15H19N3O3/c16-13-3-1-2-11(13)8-15(19)17-7-6-10-4-5-12(18(20)21)9-14(10)17/h4-5,9,11,13H,1-3,6-8,16H2/t11-,13+/m0/s1. The third-order valence-corrected chi connectivity index (χ3v) is 4.63. The Morgan fingerprint density at radius 1 is 1.43 bits per heavy atom. The van der Waals surface area contributed by atoms with E-state index in [1.54, 1.807) is 11.0 Å². The van der Waals surface area contributed by atoms with Gasteiger partial charge in [0.1, 0.15) is 0 Å². The average Bonchev–Trinajstić information content (AvgIpc) is 3.04. The Morgan fingerprint density at radius 3 is 2.90 bits per heavy atom. The van der Waals surface area contributed by atoms with E-state index in [1.165, 1.54) is 12.1 Å². The smallest absolute Gasteiger partial charge is 0.271 e. The molecule has 3 rings (SSSR count). The van der Waals surface area contributed by atoms with Gasteiger partial charge < -0.3 is 10.6 Å². The van der Waals surface area contributed by atoms with Crippen molar-refractivity contribution in [2.75, 3.05) is 11.4 Å². The van der Waals surface area contributed by atoms with E-state index in [0.29, 0.717) is 18.7 Å². The molecule has 0 aromatic heterocycles. The Labute approximate surface area is 123 Å². The van der Waals surface area contributed by atoms with Gasteiger partial charge >= 0.3 is 0 Å². The highest BCUT2D eigenvalue weighted by molar-refractivity contribution is 5.96. The summed E-state index contributed by atoms with van der Waals surface area (Å²) in [4.78, 5) is 24.6. The van der Waals surface area contributed by atoms with Gasteiger partial charge in [0.2, 0.25) is 5.91 Å². The monoisotopic (exact) mass is 289 g/mol. The van der Waals surface area contributed by atoms with Crippen molar-refractivity contribution in [1.29, 1.82) is 0 Å². The van der Waals surface area contributed by atoms with Crippen molar-refractivity contribution in [3.63, 3.8) is 0 Å². The van der Waals surface area contributed by atoms with Crippen molar-refractivity contribution in [2.24, 2.45) is 11.7 Å². The summed E-state index contributed by atoms with van der Waals surface area (Å²) in [6, 6.07) is 4.87. The zero-order chi connectivity index (χ0) is 15.0. The number of non-ortho nitro benzene ring substituents is 1. The van der Waals surface area contributed by atoms with Crippen molar-refractivity contribution >= 4 is 17.3 Å². The number of benzene rings is 1. The summed E-state index contributed by atoms with van der Waals surface area (Å²) in [6.07, 6.45) is 4.28. The number of fused-ring (bicyclic) bond motifs is 1. The van der Waals surface area contributed by atoms with Crippen molar-refractivity contribution in [3.05, 3.63) is 33.9 Å². The lowest BCUT2D eigenvalue weighted by Gasteiger charge is -2.21. The van der Waals surface area contributed by atoms with Gasteiger partial charge in [-0.1, -0.05) is 12.5 Å². The Morgan fingerprint density at radius 2 is 2.24 bits per heavy atom.